The molecule has 2 aromatic heterocycles. The first kappa shape index (κ1) is 24.2. The van der Waals surface area contributed by atoms with Crippen LogP contribution in [0.2, 0.25) is 0 Å². The smallest absolute Gasteiger partial charge is 0.228 e. The number of halogens is 2. The second-order valence-corrected chi connectivity index (χ2v) is 9.95. The fourth-order valence-electron chi connectivity index (χ4n) is 5.84. The van der Waals surface area contributed by atoms with Crippen LogP contribution < -0.4 is 4.90 Å². The van der Waals surface area contributed by atoms with E-state index >= 15 is 0 Å². The standard InChI is InChI=1S/C27H29F2N5O2/c1-17-13-34(14-18(2)27(17,36)24-6-3-4-10-30-24)26(35)22-16-33(25-7-5-11-31-32-25)15-21(22)20-9-8-19(28)12-23(20)29/h3-12,17-18,21-22,36H,13-16H2,1-2H3/t17-,18+,21-,22+,27?/m1/s1. The molecule has 0 spiro atoms. The molecule has 0 aliphatic carbocycles. The number of carbonyl (C=O) groups is 1. The summed E-state index contributed by atoms with van der Waals surface area (Å²) < 4.78 is 28.5. The predicted molar refractivity (Wildman–Crippen MR) is 130 cm³/mol. The Morgan fingerprint density at radius 1 is 1.00 bits per heavy atom. The van der Waals surface area contributed by atoms with Gasteiger partial charge in [-0.25, -0.2) is 8.78 Å². The first-order chi connectivity index (χ1) is 17.3. The number of hydrogen-bond acceptors (Lipinski definition) is 6. The van der Waals surface area contributed by atoms with E-state index in [1.807, 2.05) is 30.9 Å². The lowest BCUT2D eigenvalue weighted by molar-refractivity contribution is -0.153. The third-order valence-corrected chi connectivity index (χ3v) is 7.76. The van der Waals surface area contributed by atoms with Crippen LogP contribution in [0.25, 0.3) is 0 Å². The molecule has 0 saturated carbocycles. The van der Waals surface area contributed by atoms with Gasteiger partial charge in [0, 0.05) is 62.4 Å². The highest BCUT2D eigenvalue weighted by atomic mass is 19.1. The topological polar surface area (TPSA) is 82.5 Å². The van der Waals surface area contributed by atoms with Crippen LogP contribution in [-0.2, 0) is 10.4 Å². The van der Waals surface area contributed by atoms with Crippen molar-refractivity contribution in [3.05, 3.63) is 83.8 Å². The lowest BCUT2D eigenvalue weighted by atomic mass is 9.72. The molecule has 2 aliphatic rings. The van der Waals surface area contributed by atoms with Gasteiger partial charge in [0.25, 0.3) is 0 Å². The van der Waals surface area contributed by atoms with Gasteiger partial charge in [0.15, 0.2) is 5.82 Å². The van der Waals surface area contributed by atoms with Crippen molar-refractivity contribution >= 4 is 11.7 Å². The van der Waals surface area contributed by atoms with Gasteiger partial charge in [0.2, 0.25) is 5.91 Å². The number of likely N-dealkylation sites (tertiary alicyclic amines) is 1. The van der Waals surface area contributed by atoms with Gasteiger partial charge in [-0.05, 0) is 35.9 Å². The second-order valence-electron chi connectivity index (χ2n) is 9.95. The van der Waals surface area contributed by atoms with Gasteiger partial charge in [0.1, 0.15) is 17.2 Å². The van der Waals surface area contributed by atoms with Crippen LogP contribution in [0.1, 0.15) is 31.0 Å². The van der Waals surface area contributed by atoms with Crippen LogP contribution in [0.5, 0.6) is 0 Å². The molecule has 9 heteroatoms. The maximum Gasteiger partial charge on any atom is 0.228 e. The average Bonchev–Trinajstić information content (AvgIpc) is 3.32. The van der Waals surface area contributed by atoms with Crippen LogP contribution in [0, 0.1) is 29.4 Å². The average molecular weight is 494 g/mol. The Kier molecular flexibility index (Phi) is 6.42. The lowest BCUT2D eigenvalue weighted by Crippen LogP contribution is -2.57. The van der Waals surface area contributed by atoms with Crippen molar-refractivity contribution in [2.75, 3.05) is 31.1 Å². The predicted octanol–water partition coefficient (Wildman–Crippen LogP) is 3.37. The zero-order valence-electron chi connectivity index (χ0n) is 20.3. The number of benzene rings is 1. The van der Waals surface area contributed by atoms with Crippen molar-refractivity contribution in [1.82, 2.24) is 20.1 Å². The monoisotopic (exact) mass is 493 g/mol. The van der Waals surface area contributed by atoms with Crippen molar-refractivity contribution in [3.63, 3.8) is 0 Å². The summed E-state index contributed by atoms with van der Waals surface area (Å²) in [4.78, 5) is 22.0. The van der Waals surface area contributed by atoms with Crippen LogP contribution >= 0.6 is 0 Å². The number of pyridine rings is 1. The SMILES string of the molecule is C[C@@H]1CN(C(=O)[C@H]2CN(c3cccnn3)C[C@@H]2c2ccc(F)cc2F)C[C@H](C)C1(O)c1ccccn1. The molecule has 7 nitrogen and oxygen atoms in total. The molecule has 0 bridgehead atoms. The number of piperidine rings is 1. The molecule has 5 atom stereocenters. The van der Waals surface area contributed by atoms with E-state index in [-0.39, 0.29) is 17.7 Å². The highest BCUT2D eigenvalue weighted by Crippen LogP contribution is 2.42. The summed E-state index contributed by atoms with van der Waals surface area (Å²) in [6.45, 7) is 5.22. The number of nitrogens with zero attached hydrogens (tertiary/aromatic N) is 5. The molecule has 4 heterocycles. The van der Waals surface area contributed by atoms with Crippen molar-refractivity contribution in [2.24, 2.45) is 17.8 Å². The third kappa shape index (κ3) is 4.21. The lowest BCUT2D eigenvalue weighted by Gasteiger charge is -2.48. The summed E-state index contributed by atoms with van der Waals surface area (Å²) >= 11 is 0. The molecule has 3 aromatic rings. The Hall–Kier alpha value is -3.46. The van der Waals surface area contributed by atoms with Crippen LogP contribution in [0.3, 0.4) is 0 Å². The highest BCUT2D eigenvalue weighted by molar-refractivity contribution is 5.82. The Labute approximate surface area is 208 Å². The quantitative estimate of drug-likeness (QED) is 0.600. The van der Waals surface area contributed by atoms with E-state index < -0.39 is 29.1 Å². The van der Waals surface area contributed by atoms with E-state index in [1.54, 1.807) is 35.5 Å². The van der Waals surface area contributed by atoms with E-state index in [2.05, 4.69) is 15.2 Å². The molecule has 1 aromatic carbocycles. The Morgan fingerprint density at radius 2 is 1.78 bits per heavy atom. The molecular formula is C27H29F2N5O2. The number of rotatable bonds is 4. The first-order valence-corrected chi connectivity index (χ1v) is 12.2. The van der Waals surface area contributed by atoms with Crippen LogP contribution in [0.4, 0.5) is 14.6 Å². The van der Waals surface area contributed by atoms with Crippen molar-refractivity contribution in [1.29, 1.82) is 0 Å². The van der Waals surface area contributed by atoms with Crippen molar-refractivity contribution in [2.45, 2.75) is 25.4 Å². The number of anilines is 1. The summed E-state index contributed by atoms with van der Waals surface area (Å²) in [6, 6.07) is 12.5. The number of carbonyl (C=O) groups excluding carboxylic acids is 1. The Morgan fingerprint density at radius 3 is 2.42 bits per heavy atom. The minimum Gasteiger partial charge on any atom is -0.383 e. The number of amides is 1. The van der Waals surface area contributed by atoms with E-state index in [4.69, 9.17) is 0 Å². The van der Waals surface area contributed by atoms with Gasteiger partial charge < -0.3 is 14.9 Å². The largest absolute Gasteiger partial charge is 0.383 e. The third-order valence-electron chi connectivity index (χ3n) is 7.76. The molecule has 188 valence electrons. The minimum atomic E-state index is -1.16. The Balaban J connectivity index is 1.43. The van der Waals surface area contributed by atoms with Gasteiger partial charge in [-0.2, -0.15) is 5.10 Å². The van der Waals surface area contributed by atoms with Gasteiger partial charge in [-0.15, -0.1) is 5.10 Å². The first-order valence-electron chi connectivity index (χ1n) is 12.2. The molecule has 5 rings (SSSR count). The molecular weight excluding hydrogens is 464 g/mol. The summed E-state index contributed by atoms with van der Waals surface area (Å²) in [6.07, 6.45) is 3.23. The number of aliphatic hydroxyl groups is 1. The molecule has 36 heavy (non-hydrogen) atoms. The molecule has 2 fully saturated rings. The second kappa shape index (κ2) is 9.54. The van der Waals surface area contributed by atoms with E-state index in [0.717, 1.165) is 6.07 Å². The molecule has 1 amide bonds. The maximum absolute atomic E-state index is 14.9. The summed E-state index contributed by atoms with van der Waals surface area (Å²) in [5.41, 5.74) is -0.260. The molecule has 2 saturated heterocycles. The summed E-state index contributed by atoms with van der Waals surface area (Å²) in [7, 11) is 0. The fraction of sp³-hybridized carbons (Fsp3) is 0.407. The van der Waals surface area contributed by atoms with Crippen molar-refractivity contribution in [3.8, 4) is 0 Å². The normalized spacial score (nSPS) is 28.4. The van der Waals surface area contributed by atoms with E-state index in [9.17, 15) is 18.7 Å². The van der Waals surface area contributed by atoms with Crippen LogP contribution in [-0.4, -0.2) is 57.3 Å². The van der Waals surface area contributed by atoms with Gasteiger partial charge in [0.05, 0.1) is 11.6 Å². The fourth-order valence-corrected chi connectivity index (χ4v) is 5.84. The van der Waals surface area contributed by atoms with Gasteiger partial charge in [-0.3, -0.25) is 9.78 Å². The Bertz CT molecular complexity index is 1220. The highest BCUT2D eigenvalue weighted by Gasteiger charge is 2.50. The number of hydrogen-bond donors (Lipinski definition) is 1. The molecule has 1 N–H and O–H groups in total. The zero-order valence-corrected chi connectivity index (χ0v) is 20.3. The molecule has 1 unspecified atom stereocenters. The number of aromatic nitrogens is 3. The summed E-state index contributed by atoms with van der Waals surface area (Å²) in [5.74, 6) is -2.41. The minimum absolute atomic E-state index is 0.114. The van der Waals surface area contributed by atoms with E-state index in [1.165, 1.54) is 12.1 Å². The van der Waals surface area contributed by atoms with E-state index in [0.29, 0.717) is 43.3 Å². The van der Waals surface area contributed by atoms with Crippen LogP contribution in [0.15, 0.2) is 60.9 Å². The molecule has 2 aliphatic heterocycles. The molecule has 0 radical (unpaired) electrons. The zero-order chi connectivity index (χ0) is 25.4. The van der Waals surface area contributed by atoms with Gasteiger partial charge >= 0.3 is 0 Å². The maximum atomic E-state index is 14.9. The van der Waals surface area contributed by atoms with Gasteiger partial charge in [-0.1, -0.05) is 26.0 Å². The van der Waals surface area contributed by atoms with Crippen molar-refractivity contribution < 1.29 is 18.7 Å². The summed E-state index contributed by atoms with van der Waals surface area (Å²) in [5, 5.41) is 19.7.